The lowest BCUT2D eigenvalue weighted by atomic mass is 10.1. The number of anilines is 3. The van der Waals surface area contributed by atoms with E-state index in [1.54, 1.807) is 30.5 Å². The Morgan fingerprint density at radius 1 is 0.857 bits per heavy atom. The molecular weight excluding hydrogens is 354 g/mol. The number of nitrogens with one attached hydrogen (secondary N) is 2. The van der Waals surface area contributed by atoms with Crippen LogP contribution in [0.4, 0.5) is 17.1 Å². The standard InChI is InChI=1S/C22H21N3O3/c1-14-7-15(2)9-19(8-14)25-21(26)17-11-20(13-23-12-17)24-18-6-4-5-16(10-18)22(27)28-3/h4-13,24H,1-3H3,(H,25,26). The van der Waals surface area contributed by atoms with Gasteiger partial charge in [0, 0.05) is 17.6 Å². The number of aryl methyl sites for hydroxylation is 2. The van der Waals surface area contributed by atoms with Crippen molar-refractivity contribution in [3.63, 3.8) is 0 Å². The molecule has 1 amide bonds. The van der Waals surface area contributed by atoms with E-state index in [4.69, 9.17) is 4.74 Å². The van der Waals surface area contributed by atoms with Crippen LogP contribution in [0.2, 0.25) is 0 Å². The van der Waals surface area contributed by atoms with Gasteiger partial charge in [0.25, 0.3) is 5.91 Å². The summed E-state index contributed by atoms with van der Waals surface area (Å²) in [6.07, 6.45) is 3.12. The molecule has 6 nitrogen and oxygen atoms in total. The van der Waals surface area contributed by atoms with Crippen LogP contribution in [0, 0.1) is 13.8 Å². The second kappa shape index (κ2) is 8.35. The molecule has 0 aliphatic carbocycles. The summed E-state index contributed by atoms with van der Waals surface area (Å²) < 4.78 is 4.73. The normalized spacial score (nSPS) is 10.2. The van der Waals surface area contributed by atoms with Crippen LogP contribution in [0.15, 0.2) is 60.9 Å². The number of pyridine rings is 1. The van der Waals surface area contributed by atoms with Crippen LogP contribution in [0.25, 0.3) is 0 Å². The fourth-order valence-electron chi connectivity index (χ4n) is 2.89. The molecule has 2 N–H and O–H groups in total. The second-order valence-corrected chi connectivity index (χ2v) is 6.49. The minimum absolute atomic E-state index is 0.246. The molecular formula is C22H21N3O3. The zero-order valence-electron chi connectivity index (χ0n) is 15.9. The van der Waals surface area contributed by atoms with Crippen molar-refractivity contribution < 1.29 is 14.3 Å². The Hall–Kier alpha value is -3.67. The molecule has 1 aromatic heterocycles. The van der Waals surface area contributed by atoms with Crippen molar-refractivity contribution in [2.75, 3.05) is 17.7 Å². The number of aromatic nitrogens is 1. The van der Waals surface area contributed by atoms with E-state index in [9.17, 15) is 9.59 Å². The van der Waals surface area contributed by atoms with E-state index >= 15 is 0 Å². The minimum atomic E-state index is -0.414. The van der Waals surface area contributed by atoms with Crippen molar-refractivity contribution in [2.45, 2.75) is 13.8 Å². The fraction of sp³-hybridized carbons (Fsp3) is 0.136. The van der Waals surface area contributed by atoms with Crippen LogP contribution in [0.5, 0.6) is 0 Å². The van der Waals surface area contributed by atoms with Gasteiger partial charge in [-0.05, 0) is 61.4 Å². The van der Waals surface area contributed by atoms with Crippen molar-refractivity contribution in [1.82, 2.24) is 4.98 Å². The van der Waals surface area contributed by atoms with Crippen molar-refractivity contribution in [3.8, 4) is 0 Å². The first-order valence-corrected chi connectivity index (χ1v) is 8.75. The van der Waals surface area contributed by atoms with Gasteiger partial charge in [-0.25, -0.2) is 4.79 Å². The summed E-state index contributed by atoms with van der Waals surface area (Å²) in [5.41, 5.74) is 5.08. The third-order valence-electron chi connectivity index (χ3n) is 4.05. The van der Waals surface area contributed by atoms with Gasteiger partial charge in [-0.1, -0.05) is 12.1 Å². The molecule has 0 aliphatic heterocycles. The summed E-state index contributed by atoms with van der Waals surface area (Å²) in [5.74, 6) is -0.659. The van der Waals surface area contributed by atoms with Gasteiger partial charge in [0.2, 0.25) is 0 Å². The molecule has 0 radical (unpaired) electrons. The maximum absolute atomic E-state index is 12.6. The number of esters is 1. The lowest BCUT2D eigenvalue weighted by molar-refractivity contribution is 0.0600. The molecule has 3 rings (SSSR count). The number of benzene rings is 2. The Bertz CT molecular complexity index is 1010. The molecule has 2 aromatic carbocycles. The van der Waals surface area contributed by atoms with Crippen LogP contribution in [-0.4, -0.2) is 24.0 Å². The summed E-state index contributed by atoms with van der Waals surface area (Å²) in [7, 11) is 1.34. The number of ether oxygens (including phenoxy) is 1. The Morgan fingerprint density at radius 2 is 1.57 bits per heavy atom. The molecule has 3 aromatic rings. The number of methoxy groups -OCH3 is 1. The van der Waals surface area contributed by atoms with Crippen molar-refractivity contribution >= 4 is 28.9 Å². The molecule has 0 spiro atoms. The highest BCUT2D eigenvalue weighted by Gasteiger charge is 2.10. The summed E-state index contributed by atoms with van der Waals surface area (Å²) in [6, 6.07) is 14.5. The van der Waals surface area contributed by atoms with Crippen LogP contribution >= 0.6 is 0 Å². The van der Waals surface area contributed by atoms with Gasteiger partial charge in [0.05, 0.1) is 30.1 Å². The summed E-state index contributed by atoms with van der Waals surface area (Å²) in [5, 5.41) is 6.05. The fourth-order valence-corrected chi connectivity index (χ4v) is 2.89. The SMILES string of the molecule is COC(=O)c1cccc(Nc2cncc(C(=O)Nc3cc(C)cc(C)c3)c2)c1. The summed E-state index contributed by atoms with van der Waals surface area (Å²) >= 11 is 0. The van der Waals surface area contributed by atoms with Gasteiger partial charge in [-0.15, -0.1) is 0 Å². The quantitative estimate of drug-likeness (QED) is 0.643. The highest BCUT2D eigenvalue weighted by Crippen LogP contribution is 2.20. The monoisotopic (exact) mass is 375 g/mol. The molecule has 0 aliphatic rings. The number of hydrogen-bond donors (Lipinski definition) is 2. The summed E-state index contributed by atoms with van der Waals surface area (Å²) in [4.78, 5) is 28.4. The van der Waals surface area contributed by atoms with Gasteiger partial charge in [-0.2, -0.15) is 0 Å². The lowest BCUT2D eigenvalue weighted by Crippen LogP contribution is -2.12. The third kappa shape index (κ3) is 4.73. The molecule has 6 heteroatoms. The van der Waals surface area contributed by atoms with E-state index in [1.807, 2.05) is 38.1 Å². The molecule has 0 fully saturated rings. The van der Waals surface area contributed by atoms with Gasteiger partial charge in [0.1, 0.15) is 0 Å². The third-order valence-corrected chi connectivity index (χ3v) is 4.05. The average Bonchev–Trinajstić information content (AvgIpc) is 2.67. The van der Waals surface area contributed by atoms with E-state index in [1.165, 1.54) is 13.3 Å². The zero-order valence-corrected chi connectivity index (χ0v) is 15.9. The maximum Gasteiger partial charge on any atom is 0.337 e. The molecule has 0 saturated carbocycles. The predicted octanol–water partition coefficient (Wildman–Crippen LogP) is 4.48. The molecule has 0 unspecified atom stereocenters. The maximum atomic E-state index is 12.6. The second-order valence-electron chi connectivity index (χ2n) is 6.49. The first-order chi connectivity index (χ1) is 13.4. The molecule has 1 heterocycles. The van der Waals surface area contributed by atoms with Gasteiger partial charge in [0.15, 0.2) is 0 Å². The number of nitrogens with zero attached hydrogens (tertiary/aromatic N) is 1. The van der Waals surface area contributed by atoms with Crippen LogP contribution in [-0.2, 0) is 4.74 Å². The number of hydrogen-bond acceptors (Lipinski definition) is 5. The molecule has 0 bridgehead atoms. The van der Waals surface area contributed by atoms with Gasteiger partial charge >= 0.3 is 5.97 Å². The largest absolute Gasteiger partial charge is 0.465 e. The molecule has 0 atom stereocenters. The number of amides is 1. The molecule has 28 heavy (non-hydrogen) atoms. The highest BCUT2D eigenvalue weighted by molar-refractivity contribution is 6.04. The van der Waals surface area contributed by atoms with E-state index in [0.717, 1.165) is 16.8 Å². The Morgan fingerprint density at radius 3 is 2.29 bits per heavy atom. The Kier molecular flexibility index (Phi) is 5.69. The first-order valence-electron chi connectivity index (χ1n) is 8.75. The van der Waals surface area contributed by atoms with E-state index in [0.29, 0.717) is 22.5 Å². The predicted molar refractivity (Wildman–Crippen MR) is 109 cm³/mol. The van der Waals surface area contributed by atoms with Crippen molar-refractivity contribution in [1.29, 1.82) is 0 Å². The number of carbonyl (C=O) groups is 2. The summed E-state index contributed by atoms with van der Waals surface area (Å²) in [6.45, 7) is 3.97. The average molecular weight is 375 g/mol. The molecule has 0 saturated heterocycles. The van der Waals surface area contributed by atoms with Gasteiger partial charge in [-0.3, -0.25) is 9.78 Å². The molecule has 142 valence electrons. The first kappa shape index (κ1) is 19.1. The smallest absolute Gasteiger partial charge is 0.337 e. The van der Waals surface area contributed by atoms with Crippen LogP contribution < -0.4 is 10.6 Å². The highest BCUT2D eigenvalue weighted by atomic mass is 16.5. The van der Waals surface area contributed by atoms with Gasteiger partial charge < -0.3 is 15.4 Å². The van der Waals surface area contributed by atoms with Crippen molar-refractivity contribution in [3.05, 3.63) is 83.2 Å². The number of rotatable bonds is 5. The van der Waals surface area contributed by atoms with E-state index < -0.39 is 5.97 Å². The topological polar surface area (TPSA) is 80.3 Å². The van der Waals surface area contributed by atoms with Crippen molar-refractivity contribution in [2.24, 2.45) is 0 Å². The minimum Gasteiger partial charge on any atom is -0.465 e. The Balaban J connectivity index is 1.76. The number of carbonyl (C=O) groups excluding carboxylic acids is 2. The zero-order chi connectivity index (χ0) is 20.1. The van der Waals surface area contributed by atoms with E-state index in [-0.39, 0.29) is 5.91 Å². The lowest BCUT2D eigenvalue weighted by Gasteiger charge is -2.10. The van der Waals surface area contributed by atoms with Crippen LogP contribution in [0.3, 0.4) is 0 Å². The van der Waals surface area contributed by atoms with E-state index in [2.05, 4.69) is 15.6 Å². The Labute approximate surface area is 163 Å². The van der Waals surface area contributed by atoms with Crippen LogP contribution in [0.1, 0.15) is 31.8 Å².